The molecular formula is C37H26N2. The molecule has 1 heterocycles. The Bertz CT molecular complexity index is 2060. The molecule has 0 unspecified atom stereocenters. The summed E-state index contributed by atoms with van der Waals surface area (Å²) in [4.78, 5) is 4.89. The normalized spacial score (nSPS) is 12.6. The molecule has 8 rings (SSSR count). The number of aryl methyl sites for hydroxylation is 1. The molecule has 0 amide bonds. The first-order chi connectivity index (χ1) is 19.2. The molecule has 0 spiro atoms. The van der Waals surface area contributed by atoms with E-state index >= 15 is 0 Å². The fourth-order valence-electron chi connectivity index (χ4n) is 6.12. The quantitative estimate of drug-likeness (QED) is 0.234. The Kier molecular flexibility index (Phi) is 4.77. The maximum atomic E-state index is 2.45. The number of nitrogens with zero attached hydrogens (tertiary/aromatic N) is 2. The highest BCUT2D eigenvalue weighted by Crippen LogP contribution is 2.56. The SMILES string of the molecule is Cc1cccc2c1N(c1ccc3ccccc3c1)c1cc3ccccc3cc1N2c1ccc2ccccc2c1. The van der Waals surface area contributed by atoms with Gasteiger partial charge in [-0.1, -0.05) is 97.1 Å². The number of hydrogen-bond acceptors (Lipinski definition) is 2. The maximum Gasteiger partial charge on any atom is 0.0732 e. The van der Waals surface area contributed by atoms with Gasteiger partial charge in [0, 0.05) is 11.4 Å². The van der Waals surface area contributed by atoms with Crippen LogP contribution in [0.15, 0.2) is 140 Å². The number of anilines is 6. The molecule has 2 heteroatoms. The van der Waals surface area contributed by atoms with Crippen molar-refractivity contribution < 1.29 is 0 Å². The van der Waals surface area contributed by atoms with Crippen LogP contribution >= 0.6 is 0 Å². The zero-order valence-electron chi connectivity index (χ0n) is 21.7. The Labute approximate surface area is 228 Å². The average Bonchev–Trinajstić information content (AvgIpc) is 2.98. The van der Waals surface area contributed by atoms with Crippen molar-refractivity contribution in [1.82, 2.24) is 0 Å². The summed E-state index contributed by atoms with van der Waals surface area (Å²) in [5.74, 6) is 0. The van der Waals surface area contributed by atoms with Gasteiger partial charge in [-0.2, -0.15) is 0 Å². The van der Waals surface area contributed by atoms with Crippen molar-refractivity contribution in [2.24, 2.45) is 0 Å². The zero-order chi connectivity index (χ0) is 25.9. The first-order valence-electron chi connectivity index (χ1n) is 13.4. The van der Waals surface area contributed by atoms with Gasteiger partial charge in [0.1, 0.15) is 0 Å². The third-order valence-electron chi connectivity index (χ3n) is 7.99. The average molecular weight is 499 g/mol. The van der Waals surface area contributed by atoms with Crippen molar-refractivity contribution in [2.45, 2.75) is 6.92 Å². The van der Waals surface area contributed by atoms with Crippen molar-refractivity contribution >= 4 is 66.4 Å². The molecule has 0 N–H and O–H groups in total. The largest absolute Gasteiger partial charge is 0.306 e. The molecule has 0 fully saturated rings. The maximum absolute atomic E-state index is 2.45. The molecule has 184 valence electrons. The van der Waals surface area contributed by atoms with Gasteiger partial charge in [0.2, 0.25) is 0 Å². The topological polar surface area (TPSA) is 6.48 Å². The monoisotopic (exact) mass is 498 g/mol. The fourth-order valence-corrected chi connectivity index (χ4v) is 6.12. The summed E-state index contributed by atoms with van der Waals surface area (Å²) in [7, 11) is 0. The molecule has 7 aromatic carbocycles. The molecule has 0 saturated heterocycles. The Morgan fingerprint density at radius 1 is 0.359 bits per heavy atom. The van der Waals surface area contributed by atoms with Crippen molar-refractivity contribution in [1.29, 1.82) is 0 Å². The number of hydrogen-bond donors (Lipinski definition) is 0. The summed E-state index contributed by atoms with van der Waals surface area (Å²) in [6, 6.07) is 50.8. The summed E-state index contributed by atoms with van der Waals surface area (Å²) in [6.45, 7) is 2.22. The van der Waals surface area contributed by atoms with E-state index in [-0.39, 0.29) is 0 Å². The van der Waals surface area contributed by atoms with Gasteiger partial charge in [-0.25, -0.2) is 0 Å². The highest BCUT2D eigenvalue weighted by Gasteiger charge is 2.32. The van der Waals surface area contributed by atoms with Gasteiger partial charge in [0.25, 0.3) is 0 Å². The van der Waals surface area contributed by atoms with Crippen LogP contribution in [0.3, 0.4) is 0 Å². The van der Waals surface area contributed by atoms with E-state index in [2.05, 4.69) is 156 Å². The van der Waals surface area contributed by atoms with E-state index in [0.29, 0.717) is 0 Å². The molecule has 0 bridgehead atoms. The van der Waals surface area contributed by atoms with E-state index in [9.17, 15) is 0 Å². The molecule has 39 heavy (non-hydrogen) atoms. The molecule has 0 aliphatic carbocycles. The Morgan fingerprint density at radius 2 is 0.821 bits per heavy atom. The smallest absolute Gasteiger partial charge is 0.0732 e. The second-order valence-corrected chi connectivity index (χ2v) is 10.4. The highest BCUT2D eigenvalue weighted by atomic mass is 15.3. The summed E-state index contributed by atoms with van der Waals surface area (Å²) in [5, 5.41) is 7.45. The van der Waals surface area contributed by atoms with Gasteiger partial charge < -0.3 is 9.80 Å². The van der Waals surface area contributed by atoms with E-state index in [1.54, 1.807) is 0 Å². The summed E-state index contributed by atoms with van der Waals surface area (Å²) < 4.78 is 0. The van der Waals surface area contributed by atoms with Gasteiger partial charge in [0.15, 0.2) is 0 Å². The van der Waals surface area contributed by atoms with Crippen molar-refractivity contribution in [2.75, 3.05) is 9.80 Å². The molecule has 1 aliphatic rings. The Hall–Kier alpha value is -5.08. The van der Waals surface area contributed by atoms with Gasteiger partial charge in [-0.05, 0) is 87.3 Å². The van der Waals surface area contributed by atoms with Crippen LogP contribution < -0.4 is 9.80 Å². The zero-order valence-corrected chi connectivity index (χ0v) is 21.7. The number of benzene rings is 7. The van der Waals surface area contributed by atoms with Gasteiger partial charge >= 0.3 is 0 Å². The van der Waals surface area contributed by atoms with Gasteiger partial charge in [-0.3, -0.25) is 0 Å². The van der Waals surface area contributed by atoms with Crippen LogP contribution in [0.1, 0.15) is 5.56 Å². The van der Waals surface area contributed by atoms with Crippen LogP contribution in [-0.4, -0.2) is 0 Å². The molecule has 0 aromatic heterocycles. The third-order valence-corrected chi connectivity index (χ3v) is 7.99. The van der Waals surface area contributed by atoms with Gasteiger partial charge in [0.05, 0.1) is 22.7 Å². The van der Waals surface area contributed by atoms with E-state index in [0.717, 1.165) is 5.69 Å². The minimum Gasteiger partial charge on any atom is -0.306 e. The van der Waals surface area contributed by atoms with E-state index in [1.165, 1.54) is 66.3 Å². The number of para-hydroxylation sites is 1. The molecule has 0 radical (unpaired) electrons. The van der Waals surface area contributed by atoms with Crippen LogP contribution in [0.4, 0.5) is 34.1 Å². The minimum absolute atomic E-state index is 1.16. The van der Waals surface area contributed by atoms with Gasteiger partial charge in [-0.15, -0.1) is 0 Å². The summed E-state index contributed by atoms with van der Waals surface area (Å²) >= 11 is 0. The lowest BCUT2D eigenvalue weighted by Crippen LogP contribution is -2.24. The van der Waals surface area contributed by atoms with Crippen LogP contribution in [0.5, 0.6) is 0 Å². The van der Waals surface area contributed by atoms with E-state index < -0.39 is 0 Å². The molecule has 2 nitrogen and oxygen atoms in total. The van der Waals surface area contributed by atoms with E-state index in [1.807, 2.05) is 0 Å². The molecule has 0 saturated carbocycles. The predicted molar refractivity (Wildman–Crippen MR) is 167 cm³/mol. The lowest BCUT2D eigenvalue weighted by atomic mass is 9.98. The summed E-state index contributed by atoms with van der Waals surface area (Å²) in [5.41, 5.74) is 8.32. The first kappa shape index (κ1) is 22.0. The number of fused-ring (bicyclic) bond motifs is 5. The van der Waals surface area contributed by atoms with Crippen LogP contribution in [-0.2, 0) is 0 Å². The predicted octanol–water partition coefficient (Wildman–Crippen LogP) is 10.7. The van der Waals surface area contributed by atoms with Crippen molar-refractivity contribution in [3.63, 3.8) is 0 Å². The number of rotatable bonds is 2. The second-order valence-electron chi connectivity index (χ2n) is 10.4. The Balaban J connectivity index is 1.45. The van der Waals surface area contributed by atoms with Crippen LogP contribution in [0.2, 0.25) is 0 Å². The molecular weight excluding hydrogens is 472 g/mol. The lowest BCUT2D eigenvalue weighted by molar-refractivity contribution is 1.16. The minimum atomic E-state index is 1.16. The fraction of sp³-hybridized carbons (Fsp3) is 0.0270. The lowest BCUT2D eigenvalue weighted by Gasteiger charge is -2.41. The van der Waals surface area contributed by atoms with E-state index in [4.69, 9.17) is 0 Å². The molecule has 0 atom stereocenters. The second kappa shape index (κ2) is 8.47. The third kappa shape index (κ3) is 3.42. The molecule has 1 aliphatic heterocycles. The highest BCUT2D eigenvalue weighted by molar-refractivity contribution is 6.08. The standard InChI is InChI=1S/C37H26N2/c1-25-9-8-16-34-37(25)39(33-20-18-27-11-3-5-13-29(27)22-33)36-24-31-15-7-6-14-30(31)23-35(36)38(34)32-19-17-26-10-2-4-12-28(26)21-32/h2-24H,1H3. The molecule has 7 aromatic rings. The van der Waals surface area contributed by atoms with Crippen molar-refractivity contribution in [3.05, 3.63) is 145 Å². The summed E-state index contributed by atoms with van der Waals surface area (Å²) in [6.07, 6.45) is 0. The Morgan fingerprint density at radius 3 is 1.38 bits per heavy atom. The van der Waals surface area contributed by atoms with Crippen LogP contribution in [0, 0.1) is 6.92 Å². The first-order valence-corrected chi connectivity index (χ1v) is 13.4. The van der Waals surface area contributed by atoms with Crippen molar-refractivity contribution in [3.8, 4) is 0 Å². The van der Waals surface area contributed by atoms with Crippen LogP contribution in [0.25, 0.3) is 32.3 Å².